The van der Waals surface area contributed by atoms with E-state index in [1.165, 1.54) is 0 Å². The summed E-state index contributed by atoms with van der Waals surface area (Å²) in [7, 11) is 0. The molecule has 0 bridgehead atoms. The van der Waals surface area contributed by atoms with Gasteiger partial charge in [-0.3, -0.25) is 0 Å². The van der Waals surface area contributed by atoms with Crippen LogP contribution in [0, 0.1) is 0 Å². The zero-order chi connectivity index (χ0) is 17.2. The van der Waals surface area contributed by atoms with Gasteiger partial charge in [-0.25, -0.2) is 0 Å². The molecule has 0 radical (unpaired) electrons. The first-order valence-corrected chi connectivity index (χ1v) is 7.41. The molecule has 0 atom stereocenters. The summed E-state index contributed by atoms with van der Waals surface area (Å²) >= 11 is 0. The van der Waals surface area contributed by atoms with Crippen molar-refractivity contribution in [1.82, 2.24) is 20.4 Å². The average molecular weight is 336 g/mol. The van der Waals surface area contributed by atoms with E-state index >= 15 is 0 Å². The Morgan fingerprint density at radius 1 is 0.600 bits per heavy atom. The second-order valence-corrected chi connectivity index (χ2v) is 5.27. The Morgan fingerprint density at radius 2 is 1.00 bits per heavy atom. The summed E-state index contributed by atoms with van der Waals surface area (Å²) in [5, 5.41) is 34.5. The number of benzene rings is 2. The standard InChI is InChI=1S/C17H12N4O4/c22-12-5-1-10(2-6-12)16-20-18-14(24-16)9-15-19-21-17(25-15)11-3-7-13(23)8-4-11/h1-8,22-23H,9H2. The Morgan fingerprint density at radius 3 is 1.40 bits per heavy atom. The molecule has 4 aromatic rings. The van der Waals surface area contributed by atoms with Gasteiger partial charge in [-0.05, 0) is 48.5 Å². The molecule has 0 aliphatic rings. The van der Waals surface area contributed by atoms with Crippen molar-refractivity contribution in [3.63, 3.8) is 0 Å². The van der Waals surface area contributed by atoms with Crippen molar-refractivity contribution < 1.29 is 19.0 Å². The highest BCUT2D eigenvalue weighted by Gasteiger charge is 2.14. The highest BCUT2D eigenvalue weighted by atomic mass is 16.4. The first kappa shape index (κ1) is 14.9. The summed E-state index contributed by atoms with van der Waals surface area (Å²) in [4.78, 5) is 0. The zero-order valence-electron chi connectivity index (χ0n) is 12.8. The normalized spacial score (nSPS) is 10.9. The minimum Gasteiger partial charge on any atom is -0.508 e. The molecule has 2 aromatic heterocycles. The van der Waals surface area contributed by atoms with Gasteiger partial charge >= 0.3 is 0 Å². The molecule has 0 aliphatic carbocycles. The molecule has 124 valence electrons. The third-order valence-electron chi connectivity index (χ3n) is 3.46. The maximum Gasteiger partial charge on any atom is 0.247 e. The van der Waals surface area contributed by atoms with Crippen LogP contribution in [0.4, 0.5) is 0 Å². The van der Waals surface area contributed by atoms with Crippen molar-refractivity contribution in [3.05, 3.63) is 60.3 Å². The number of aromatic hydroxyl groups is 2. The molecule has 0 saturated heterocycles. The molecular formula is C17H12N4O4. The van der Waals surface area contributed by atoms with Crippen LogP contribution in [0.3, 0.4) is 0 Å². The van der Waals surface area contributed by atoms with Gasteiger partial charge in [0.1, 0.15) is 17.9 Å². The van der Waals surface area contributed by atoms with Crippen molar-refractivity contribution in [3.8, 4) is 34.4 Å². The van der Waals surface area contributed by atoms with Crippen LogP contribution in [0.1, 0.15) is 11.8 Å². The maximum atomic E-state index is 9.31. The number of nitrogens with zero attached hydrogens (tertiary/aromatic N) is 4. The van der Waals surface area contributed by atoms with Crippen LogP contribution >= 0.6 is 0 Å². The predicted molar refractivity (Wildman–Crippen MR) is 85.6 cm³/mol. The second-order valence-electron chi connectivity index (χ2n) is 5.27. The van der Waals surface area contributed by atoms with Gasteiger partial charge in [0.2, 0.25) is 23.6 Å². The Balaban J connectivity index is 1.51. The minimum atomic E-state index is 0.163. The summed E-state index contributed by atoms with van der Waals surface area (Å²) in [5.41, 5.74) is 1.40. The Hall–Kier alpha value is -3.68. The summed E-state index contributed by atoms with van der Waals surface area (Å²) < 4.78 is 11.2. The summed E-state index contributed by atoms with van der Waals surface area (Å²) in [5.74, 6) is 1.68. The monoisotopic (exact) mass is 336 g/mol. The van der Waals surface area contributed by atoms with Gasteiger partial charge in [0.05, 0.1) is 0 Å². The van der Waals surface area contributed by atoms with Crippen LogP contribution in [0.15, 0.2) is 57.4 Å². The minimum absolute atomic E-state index is 0.163. The smallest absolute Gasteiger partial charge is 0.247 e. The van der Waals surface area contributed by atoms with E-state index in [1.54, 1.807) is 48.5 Å². The SMILES string of the molecule is Oc1ccc(-c2nnc(Cc3nnc(-c4ccc(O)cc4)o3)o2)cc1. The van der Waals surface area contributed by atoms with Gasteiger partial charge in [-0.15, -0.1) is 20.4 Å². The summed E-state index contributed by atoms with van der Waals surface area (Å²) in [6.45, 7) is 0. The lowest BCUT2D eigenvalue weighted by atomic mass is 10.2. The first-order chi connectivity index (χ1) is 12.2. The van der Waals surface area contributed by atoms with Gasteiger partial charge in [0, 0.05) is 11.1 Å². The molecular weight excluding hydrogens is 324 g/mol. The van der Waals surface area contributed by atoms with E-state index in [4.69, 9.17) is 8.83 Å². The van der Waals surface area contributed by atoms with Crippen molar-refractivity contribution in [2.24, 2.45) is 0 Å². The van der Waals surface area contributed by atoms with Crippen molar-refractivity contribution in [2.45, 2.75) is 6.42 Å². The van der Waals surface area contributed by atoms with E-state index in [2.05, 4.69) is 20.4 Å². The number of hydrogen-bond acceptors (Lipinski definition) is 8. The molecule has 0 spiro atoms. The van der Waals surface area contributed by atoms with Gasteiger partial charge in [0.25, 0.3) is 0 Å². The van der Waals surface area contributed by atoms with Crippen molar-refractivity contribution in [1.29, 1.82) is 0 Å². The number of phenols is 2. The average Bonchev–Trinajstić information content (AvgIpc) is 3.27. The molecule has 2 heterocycles. The van der Waals surface area contributed by atoms with E-state index in [0.29, 0.717) is 34.7 Å². The molecule has 2 aromatic carbocycles. The third kappa shape index (κ3) is 3.18. The summed E-state index contributed by atoms with van der Waals surface area (Å²) in [6.07, 6.45) is 0.205. The van der Waals surface area contributed by atoms with E-state index in [9.17, 15) is 10.2 Å². The van der Waals surface area contributed by atoms with Gasteiger partial charge in [0.15, 0.2) is 0 Å². The largest absolute Gasteiger partial charge is 0.508 e. The van der Waals surface area contributed by atoms with Crippen LogP contribution in [0.2, 0.25) is 0 Å². The third-order valence-corrected chi connectivity index (χ3v) is 3.46. The van der Waals surface area contributed by atoms with Crippen LogP contribution < -0.4 is 0 Å². The Bertz CT molecular complexity index is 908. The lowest BCUT2D eigenvalue weighted by molar-refractivity contribution is 0.466. The predicted octanol–water partition coefficient (Wildman–Crippen LogP) is 2.79. The Labute approximate surface area is 141 Å². The van der Waals surface area contributed by atoms with Crippen LogP contribution in [-0.4, -0.2) is 30.6 Å². The molecule has 0 saturated carbocycles. The van der Waals surface area contributed by atoms with Crippen LogP contribution in [-0.2, 0) is 6.42 Å². The van der Waals surface area contributed by atoms with E-state index in [1.807, 2.05) is 0 Å². The van der Waals surface area contributed by atoms with Crippen LogP contribution in [0.25, 0.3) is 22.9 Å². The number of rotatable bonds is 4. The van der Waals surface area contributed by atoms with Crippen molar-refractivity contribution in [2.75, 3.05) is 0 Å². The number of hydrogen-bond donors (Lipinski definition) is 2. The molecule has 0 aliphatic heterocycles. The van der Waals surface area contributed by atoms with Gasteiger partial charge in [-0.2, -0.15) is 0 Å². The van der Waals surface area contributed by atoms with E-state index in [-0.39, 0.29) is 17.9 Å². The first-order valence-electron chi connectivity index (χ1n) is 7.41. The molecule has 0 fully saturated rings. The van der Waals surface area contributed by atoms with Gasteiger partial charge in [-0.1, -0.05) is 0 Å². The molecule has 8 nitrogen and oxygen atoms in total. The van der Waals surface area contributed by atoms with E-state index in [0.717, 1.165) is 0 Å². The topological polar surface area (TPSA) is 118 Å². The lowest BCUT2D eigenvalue weighted by Crippen LogP contribution is -1.88. The highest BCUT2D eigenvalue weighted by molar-refractivity contribution is 5.54. The number of aromatic nitrogens is 4. The van der Waals surface area contributed by atoms with Gasteiger partial charge < -0.3 is 19.0 Å². The maximum absolute atomic E-state index is 9.31. The zero-order valence-corrected chi connectivity index (χ0v) is 12.8. The number of phenolic OH excluding ortho intramolecular Hbond substituents is 2. The second kappa shape index (κ2) is 6.08. The van der Waals surface area contributed by atoms with Crippen molar-refractivity contribution >= 4 is 0 Å². The molecule has 0 unspecified atom stereocenters. The molecule has 2 N–H and O–H groups in total. The molecule has 8 heteroatoms. The molecule has 4 rings (SSSR count). The van der Waals surface area contributed by atoms with E-state index < -0.39 is 0 Å². The quantitative estimate of drug-likeness (QED) is 0.584. The lowest BCUT2D eigenvalue weighted by Gasteiger charge is -1.95. The fraction of sp³-hybridized carbons (Fsp3) is 0.0588. The summed E-state index contributed by atoms with van der Waals surface area (Å²) in [6, 6.07) is 12.9. The fourth-order valence-electron chi connectivity index (χ4n) is 2.22. The highest BCUT2D eigenvalue weighted by Crippen LogP contribution is 2.23. The molecule has 0 amide bonds. The Kier molecular flexibility index (Phi) is 3.62. The molecule has 25 heavy (non-hydrogen) atoms. The van der Waals surface area contributed by atoms with Crippen LogP contribution in [0.5, 0.6) is 11.5 Å². The fourth-order valence-corrected chi connectivity index (χ4v) is 2.22.